The number of hydrogen-bond acceptors (Lipinski definition) is 0. The Labute approximate surface area is 718 Å². The van der Waals surface area contributed by atoms with Crippen molar-refractivity contribution in [1.29, 1.82) is 0 Å². The summed E-state index contributed by atoms with van der Waals surface area (Å²) in [4.78, 5) is 0. The van der Waals surface area contributed by atoms with Gasteiger partial charge >= 0.3 is 0 Å². The molecule has 0 heterocycles. The predicted molar refractivity (Wildman–Crippen MR) is 179 cm³/mol. The van der Waals surface area contributed by atoms with Crippen molar-refractivity contribution >= 4 is 265 Å². The standard InChI is InChI=1S/B.5K.40H2O.Pt.11W/h;;;;;;40*1H2;;;;;;;;;;;;. The molecule has 0 aromatic heterocycles. The average Bonchev–Trinajstić information content (AvgIpc) is 0. The molecule has 0 unspecified atom stereocenters. The molecule has 0 rings (SSSR count). The first-order valence-corrected chi connectivity index (χ1v) is 0. The van der Waals surface area contributed by atoms with Crippen LogP contribution in [0.4, 0.5) is 0 Å². The van der Waals surface area contributed by atoms with Gasteiger partial charge in [-0.15, -0.1) is 0 Å². The number of rotatable bonds is 0. The summed E-state index contributed by atoms with van der Waals surface area (Å²) in [5.41, 5.74) is 0. The molecule has 0 aromatic carbocycles. The fourth-order valence-electron chi connectivity index (χ4n) is 0. The normalized spacial score (nSPS) is 0. The van der Waals surface area contributed by atoms with E-state index in [1.807, 2.05) is 0 Å². The van der Waals surface area contributed by atoms with E-state index in [2.05, 4.69) is 0 Å². The van der Waals surface area contributed by atoms with E-state index in [4.69, 9.17) is 0 Å². The summed E-state index contributed by atoms with van der Waals surface area (Å²) in [5, 5.41) is 0. The molecule has 8 radical (unpaired) electrons. The average molecular weight is 3140 g/mol. The Balaban J connectivity index is 0. The zero-order chi connectivity index (χ0) is 0. The molecule has 0 amide bonds. The van der Waals surface area contributed by atoms with Crippen LogP contribution < -0.4 is 0 Å². The minimum absolute atomic E-state index is 0. The second kappa shape index (κ2) is 1630. The third kappa shape index (κ3) is 1560. The molecule has 0 aliphatic heterocycles. The minimum atomic E-state index is 0. The first kappa shape index (κ1) is 1700. The van der Waals surface area contributed by atoms with E-state index in [9.17, 15) is 0 Å². The quantitative estimate of drug-likeness (QED) is 0.204. The van der Waals surface area contributed by atoms with Crippen molar-refractivity contribution in [2.45, 2.75) is 0 Å². The Morgan fingerprint density at radius 3 is 0.0862 bits per heavy atom. The van der Waals surface area contributed by atoms with Gasteiger partial charge in [-0.1, -0.05) is 0 Å². The first-order valence-electron chi connectivity index (χ1n) is 0. The molecule has 0 aliphatic rings. The zero-order valence-electron chi connectivity index (χ0n) is 30.4. The van der Waals surface area contributed by atoms with Gasteiger partial charge in [0.05, 0.1) is 0 Å². The van der Waals surface area contributed by atoms with E-state index >= 15 is 0 Å². The first-order chi connectivity index (χ1) is 0. The fraction of sp³-hybridized carbons (Fsp3) is 0. The maximum absolute atomic E-state index is 0. The van der Waals surface area contributed by atoms with E-state index in [1.165, 1.54) is 0 Å². The van der Waals surface area contributed by atoms with E-state index in [0.29, 0.717) is 0 Å². The van der Waals surface area contributed by atoms with Crippen molar-refractivity contribution in [3.05, 3.63) is 0 Å². The van der Waals surface area contributed by atoms with Gasteiger partial charge in [-0.05, 0) is 0 Å². The van der Waals surface area contributed by atoms with Crippen molar-refractivity contribution in [2.75, 3.05) is 0 Å². The summed E-state index contributed by atoms with van der Waals surface area (Å²) in [6, 6.07) is 0. The van der Waals surface area contributed by atoms with Gasteiger partial charge in [0.2, 0.25) is 0 Å². The molecule has 0 bridgehead atoms. The zero-order valence-corrected chi connectivity index (χ0v) is 80.5. The third-order valence-corrected chi connectivity index (χ3v) is 0. The van der Waals surface area contributed by atoms with Crippen LogP contribution in [0.2, 0.25) is 0 Å². The molecule has 58 heavy (non-hydrogen) atoms. The summed E-state index contributed by atoms with van der Waals surface area (Å²) < 4.78 is 0. The number of hydrogen-bond donors (Lipinski definition) is 0. The van der Waals surface area contributed by atoms with Crippen molar-refractivity contribution in [1.82, 2.24) is 0 Å². The second-order valence-corrected chi connectivity index (χ2v) is 0. The SMILES string of the molecule is O.O.O.O.O.O.O.O.O.O.O.O.O.O.O.O.O.O.O.O.O.O.O.O.O.O.O.O.O.O.O.O.O.O.O.O.O.O.O.O.[B].[K].[K].[K].[K].[K].[Pt].[W].[W].[W].[W].[W].[W].[W].[W].[W].[W].[W]. The van der Waals surface area contributed by atoms with Gasteiger partial charge in [0.1, 0.15) is 0 Å². The van der Waals surface area contributed by atoms with Crippen LogP contribution in [0.5, 0.6) is 0 Å². The van der Waals surface area contributed by atoms with Crippen LogP contribution in [0.15, 0.2) is 0 Å². The van der Waals surface area contributed by atoms with Gasteiger partial charge in [-0.3, -0.25) is 0 Å². The topological polar surface area (TPSA) is 1260 Å². The molecule has 0 saturated carbocycles. The van der Waals surface area contributed by atoms with E-state index < -0.39 is 0 Å². The van der Waals surface area contributed by atoms with Crippen LogP contribution in [0.1, 0.15) is 0 Å². The molecule has 0 spiro atoms. The molecule has 40 nitrogen and oxygen atoms in total. The molecule has 58 heteroatoms. The van der Waals surface area contributed by atoms with Crippen LogP contribution in [0.25, 0.3) is 0 Å². The largest absolute Gasteiger partial charge is 0.412 e. The monoisotopic (exact) mass is 3140 g/mol. The van der Waals surface area contributed by atoms with Crippen molar-refractivity contribution in [3.8, 4) is 0 Å². The Morgan fingerprint density at radius 2 is 0.0862 bits per heavy atom. The van der Waals surface area contributed by atoms with Crippen molar-refractivity contribution < 1.29 is 472 Å². The minimum Gasteiger partial charge on any atom is -0.412 e. The summed E-state index contributed by atoms with van der Waals surface area (Å²) in [5.74, 6) is 0. The Kier molecular flexibility index (Phi) is 47600. The Hall–Kier alpha value is 14.9. The van der Waals surface area contributed by atoms with E-state index in [1.54, 1.807) is 0 Å². The van der Waals surface area contributed by atoms with Gasteiger partial charge in [-0.25, -0.2) is 0 Å². The van der Waals surface area contributed by atoms with Gasteiger partial charge in [0.25, 0.3) is 0 Å². The third-order valence-electron chi connectivity index (χ3n) is 0. The smallest absolute Gasteiger partial charge is 0 e. The van der Waals surface area contributed by atoms with Crippen LogP contribution in [-0.4, -0.2) is 484 Å². The molecule has 0 atom stereocenters. The van der Waals surface area contributed by atoms with E-state index in [-0.39, 0.29) is 737 Å². The molecular formula is H80BK5O40PtW11. The van der Waals surface area contributed by atoms with Crippen LogP contribution in [0.3, 0.4) is 0 Å². The molecule has 0 aromatic rings. The Bertz CT molecular complexity index is 77.2. The molecule has 0 saturated heterocycles. The van der Waals surface area contributed by atoms with Crippen LogP contribution >= 0.6 is 0 Å². The predicted octanol–water partition coefficient (Wildman–Crippen LogP) is -35.3. The molecule has 404 valence electrons. The molecule has 0 aliphatic carbocycles. The van der Waals surface area contributed by atoms with Crippen molar-refractivity contribution in [3.63, 3.8) is 0 Å². The summed E-state index contributed by atoms with van der Waals surface area (Å²) in [7, 11) is 0. The maximum atomic E-state index is 0. The summed E-state index contributed by atoms with van der Waals surface area (Å²) >= 11 is 0. The second-order valence-electron chi connectivity index (χ2n) is 0. The summed E-state index contributed by atoms with van der Waals surface area (Å²) in [6.07, 6.45) is 0. The Morgan fingerprint density at radius 1 is 0.0862 bits per heavy atom. The van der Waals surface area contributed by atoms with Gasteiger partial charge in [-0.2, -0.15) is 0 Å². The van der Waals surface area contributed by atoms with Gasteiger partial charge in [0.15, 0.2) is 0 Å². The van der Waals surface area contributed by atoms with Crippen LogP contribution in [0, 0.1) is 0 Å². The summed E-state index contributed by atoms with van der Waals surface area (Å²) in [6.45, 7) is 0. The van der Waals surface area contributed by atoms with E-state index in [0.717, 1.165) is 0 Å². The van der Waals surface area contributed by atoms with Gasteiger partial charge < -0.3 is 219 Å². The maximum Gasteiger partial charge on any atom is 0 e. The molecule has 0 fully saturated rings. The molecule has 80 N–H and O–H groups in total. The van der Waals surface area contributed by atoms with Gasteiger partial charge in [0, 0.05) is 518 Å². The van der Waals surface area contributed by atoms with Crippen LogP contribution in [-0.2, 0) is 253 Å². The fourth-order valence-corrected chi connectivity index (χ4v) is 0. The van der Waals surface area contributed by atoms with Crippen molar-refractivity contribution in [2.24, 2.45) is 0 Å². The molecular weight excluding hydrogens is 3060 g/mol.